The third-order valence-corrected chi connectivity index (χ3v) is 4.76. The molecule has 0 radical (unpaired) electrons. The second-order valence-electron chi connectivity index (χ2n) is 6.80. The second kappa shape index (κ2) is 7.21. The van der Waals surface area contributed by atoms with Crippen LogP contribution in [-0.4, -0.2) is 37.2 Å². The van der Waals surface area contributed by atoms with Crippen LogP contribution in [0.1, 0.15) is 38.2 Å². The summed E-state index contributed by atoms with van der Waals surface area (Å²) >= 11 is 0. The molecule has 0 spiro atoms. The Labute approximate surface area is 137 Å². The fourth-order valence-corrected chi connectivity index (χ4v) is 3.44. The Hall–Kier alpha value is -1.75. The largest absolute Gasteiger partial charge is 0.454 e. The number of ether oxygens (including phenoxy) is 2. The first-order chi connectivity index (χ1) is 11.1. The fourth-order valence-electron chi connectivity index (χ4n) is 3.44. The lowest BCUT2D eigenvalue weighted by atomic mass is 9.86. The van der Waals surface area contributed by atoms with Gasteiger partial charge in [0, 0.05) is 12.6 Å². The molecule has 5 heteroatoms. The van der Waals surface area contributed by atoms with Crippen LogP contribution in [0.4, 0.5) is 0 Å². The monoisotopic (exact) mass is 318 g/mol. The van der Waals surface area contributed by atoms with E-state index in [1.54, 1.807) is 0 Å². The quantitative estimate of drug-likeness (QED) is 0.906. The van der Waals surface area contributed by atoms with Gasteiger partial charge in [-0.2, -0.15) is 0 Å². The van der Waals surface area contributed by atoms with E-state index in [0.29, 0.717) is 25.0 Å². The van der Waals surface area contributed by atoms with Gasteiger partial charge in [-0.1, -0.05) is 25.8 Å². The van der Waals surface area contributed by atoms with Crippen molar-refractivity contribution in [2.75, 3.05) is 20.4 Å². The Morgan fingerprint density at radius 2 is 2.04 bits per heavy atom. The van der Waals surface area contributed by atoms with Crippen LogP contribution >= 0.6 is 0 Å². The van der Waals surface area contributed by atoms with Crippen molar-refractivity contribution in [3.05, 3.63) is 23.8 Å². The molecular weight excluding hydrogens is 292 g/mol. The summed E-state index contributed by atoms with van der Waals surface area (Å²) in [6.45, 7) is 3.65. The van der Waals surface area contributed by atoms with Crippen molar-refractivity contribution >= 4 is 5.91 Å². The van der Waals surface area contributed by atoms with E-state index in [1.807, 2.05) is 30.1 Å². The first-order valence-electron chi connectivity index (χ1n) is 8.48. The zero-order valence-electron chi connectivity index (χ0n) is 14.0. The first kappa shape index (κ1) is 16.1. The Balaban J connectivity index is 1.48. The third kappa shape index (κ3) is 4.16. The molecule has 1 fully saturated rings. The van der Waals surface area contributed by atoms with E-state index in [9.17, 15) is 4.79 Å². The minimum atomic E-state index is 0.118. The number of carbonyl (C=O) groups excluding carboxylic acids is 1. The van der Waals surface area contributed by atoms with Gasteiger partial charge in [0.05, 0.1) is 6.54 Å². The van der Waals surface area contributed by atoms with E-state index < -0.39 is 0 Å². The van der Waals surface area contributed by atoms with Crippen molar-refractivity contribution in [2.45, 2.75) is 45.2 Å². The number of nitrogens with zero attached hydrogens (tertiary/aromatic N) is 1. The fraction of sp³-hybridized carbons (Fsp3) is 0.611. The highest BCUT2D eigenvalue weighted by molar-refractivity contribution is 5.78. The molecule has 23 heavy (non-hydrogen) atoms. The summed E-state index contributed by atoms with van der Waals surface area (Å²) < 4.78 is 10.7. The summed E-state index contributed by atoms with van der Waals surface area (Å²) in [7, 11) is 1.97. The summed E-state index contributed by atoms with van der Waals surface area (Å²) in [5.41, 5.74) is 1.12. The van der Waals surface area contributed by atoms with Gasteiger partial charge in [-0.3, -0.25) is 9.69 Å². The van der Waals surface area contributed by atoms with Crippen LogP contribution in [0.5, 0.6) is 11.5 Å². The number of likely N-dealkylation sites (N-methyl/N-ethyl adjacent to an activating group) is 1. The van der Waals surface area contributed by atoms with Gasteiger partial charge in [0.1, 0.15) is 0 Å². The molecule has 1 amide bonds. The molecule has 3 rings (SSSR count). The number of rotatable bonds is 5. The summed E-state index contributed by atoms with van der Waals surface area (Å²) in [5, 5.41) is 3.20. The lowest BCUT2D eigenvalue weighted by molar-refractivity contribution is -0.123. The molecule has 0 bridgehead atoms. The Morgan fingerprint density at radius 3 is 2.87 bits per heavy atom. The van der Waals surface area contributed by atoms with Crippen molar-refractivity contribution in [3.8, 4) is 11.5 Å². The molecule has 2 unspecified atom stereocenters. The highest BCUT2D eigenvalue weighted by atomic mass is 16.7. The van der Waals surface area contributed by atoms with Crippen molar-refractivity contribution in [2.24, 2.45) is 5.92 Å². The van der Waals surface area contributed by atoms with Crippen LogP contribution in [-0.2, 0) is 11.3 Å². The van der Waals surface area contributed by atoms with Crippen LogP contribution in [0.15, 0.2) is 18.2 Å². The van der Waals surface area contributed by atoms with Crippen LogP contribution in [0, 0.1) is 5.92 Å². The molecule has 1 heterocycles. The number of carbonyl (C=O) groups is 1. The molecule has 2 atom stereocenters. The van der Waals surface area contributed by atoms with Crippen LogP contribution in [0.2, 0.25) is 0 Å². The first-order valence-corrected chi connectivity index (χ1v) is 8.48. The predicted molar refractivity (Wildman–Crippen MR) is 88.5 cm³/mol. The van der Waals surface area contributed by atoms with E-state index in [1.165, 1.54) is 19.3 Å². The summed E-state index contributed by atoms with van der Waals surface area (Å²) in [4.78, 5) is 14.3. The zero-order valence-corrected chi connectivity index (χ0v) is 14.0. The average molecular weight is 318 g/mol. The van der Waals surface area contributed by atoms with Gasteiger partial charge < -0.3 is 14.8 Å². The minimum Gasteiger partial charge on any atom is -0.454 e. The van der Waals surface area contributed by atoms with Gasteiger partial charge in [0.15, 0.2) is 11.5 Å². The lowest BCUT2D eigenvalue weighted by Gasteiger charge is -2.30. The van der Waals surface area contributed by atoms with Crippen LogP contribution in [0.25, 0.3) is 0 Å². The van der Waals surface area contributed by atoms with Crippen LogP contribution < -0.4 is 14.8 Å². The highest BCUT2D eigenvalue weighted by Gasteiger charge is 2.23. The second-order valence-corrected chi connectivity index (χ2v) is 6.80. The number of nitrogens with one attached hydrogen (secondary N) is 1. The molecule has 2 aliphatic rings. The standard InChI is InChI=1S/C18H26N2O3/c1-13-5-3-4-6-15(13)19-18(21)11-20(2)10-14-7-8-16-17(9-14)23-12-22-16/h7-9,13,15H,3-6,10-12H2,1-2H3,(H,19,21). The van der Waals surface area contributed by atoms with E-state index in [4.69, 9.17) is 9.47 Å². The number of hydrogen-bond acceptors (Lipinski definition) is 4. The highest BCUT2D eigenvalue weighted by Crippen LogP contribution is 2.32. The predicted octanol–water partition coefficient (Wildman–Crippen LogP) is 2.54. The Kier molecular flexibility index (Phi) is 5.06. The molecule has 126 valence electrons. The van der Waals surface area contributed by atoms with Gasteiger partial charge in [0.2, 0.25) is 12.7 Å². The molecule has 0 aromatic heterocycles. The maximum Gasteiger partial charge on any atom is 0.234 e. The molecule has 5 nitrogen and oxygen atoms in total. The maximum atomic E-state index is 12.2. The van der Waals surface area contributed by atoms with E-state index in [0.717, 1.165) is 23.5 Å². The van der Waals surface area contributed by atoms with Gasteiger partial charge in [0.25, 0.3) is 0 Å². The van der Waals surface area contributed by atoms with Gasteiger partial charge >= 0.3 is 0 Å². The number of benzene rings is 1. The lowest BCUT2D eigenvalue weighted by Crippen LogP contribution is -2.44. The molecular formula is C18H26N2O3. The molecule has 1 aliphatic carbocycles. The summed E-state index contributed by atoms with van der Waals surface area (Å²) in [6, 6.07) is 6.27. The van der Waals surface area contributed by atoms with Crippen molar-refractivity contribution in [1.82, 2.24) is 10.2 Å². The molecule has 1 aliphatic heterocycles. The van der Waals surface area contributed by atoms with E-state index in [2.05, 4.69) is 12.2 Å². The van der Waals surface area contributed by atoms with Crippen molar-refractivity contribution in [3.63, 3.8) is 0 Å². The van der Waals surface area contributed by atoms with Gasteiger partial charge in [-0.25, -0.2) is 0 Å². The third-order valence-electron chi connectivity index (χ3n) is 4.76. The molecule has 1 aromatic carbocycles. The molecule has 0 saturated heterocycles. The van der Waals surface area contributed by atoms with E-state index in [-0.39, 0.29) is 12.7 Å². The molecule has 1 saturated carbocycles. The maximum absolute atomic E-state index is 12.2. The van der Waals surface area contributed by atoms with Crippen molar-refractivity contribution < 1.29 is 14.3 Å². The summed E-state index contributed by atoms with van der Waals surface area (Å²) in [6.07, 6.45) is 4.84. The van der Waals surface area contributed by atoms with Crippen molar-refractivity contribution in [1.29, 1.82) is 0 Å². The van der Waals surface area contributed by atoms with Crippen LogP contribution in [0.3, 0.4) is 0 Å². The average Bonchev–Trinajstić information content (AvgIpc) is 2.97. The topological polar surface area (TPSA) is 50.8 Å². The normalized spacial score (nSPS) is 23.1. The Morgan fingerprint density at radius 1 is 1.26 bits per heavy atom. The minimum absolute atomic E-state index is 0.118. The van der Waals surface area contributed by atoms with Gasteiger partial charge in [-0.05, 0) is 43.5 Å². The number of fused-ring (bicyclic) bond motifs is 1. The smallest absolute Gasteiger partial charge is 0.234 e. The zero-order chi connectivity index (χ0) is 16.2. The SMILES string of the molecule is CC1CCCCC1NC(=O)CN(C)Cc1ccc2c(c1)OCO2. The summed E-state index contributed by atoms with van der Waals surface area (Å²) in [5.74, 6) is 2.29. The van der Waals surface area contributed by atoms with E-state index >= 15 is 0 Å². The van der Waals surface area contributed by atoms with Gasteiger partial charge in [-0.15, -0.1) is 0 Å². The number of hydrogen-bond donors (Lipinski definition) is 1. The molecule has 1 N–H and O–H groups in total. The molecule has 1 aromatic rings. The Bertz CT molecular complexity index is 561. The number of amides is 1.